The van der Waals surface area contributed by atoms with Gasteiger partial charge in [0.25, 0.3) is 0 Å². The van der Waals surface area contributed by atoms with E-state index in [2.05, 4.69) is 45.2 Å². The summed E-state index contributed by atoms with van der Waals surface area (Å²) in [5.74, 6) is 1.81. The molecule has 0 radical (unpaired) electrons. The van der Waals surface area contributed by atoms with Crippen LogP contribution in [0.2, 0.25) is 0 Å². The Morgan fingerprint density at radius 1 is 1.33 bits per heavy atom. The fourth-order valence-electron chi connectivity index (χ4n) is 4.56. The Morgan fingerprint density at radius 3 is 2.67 bits per heavy atom. The van der Waals surface area contributed by atoms with Crippen LogP contribution in [0.5, 0.6) is 0 Å². The minimum atomic E-state index is 0.499. The number of nitrogens with zero attached hydrogens (tertiary/aromatic N) is 1. The van der Waals surface area contributed by atoms with Gasteiger partial charge in [-0.15, -0.1) is 6.58 Å². The molecule has 0 bridgehead atoms. The van der Waals surface area contributed by atoms with Crippen LogP contribution in [-0.2, 0) is 0 Å². The second-order valence-corrected chi connectivity index (χ2v) is 7.11. The lowest BCUT2D eigenvalue weighted by atomic mass is 9.67. The van der Waals surface area contributed by atoms with Crippen molar-refractivity contribution in [2.45, 2.75) is 71.9 Å². The predicted octanol–water partition coefficient (Wildman–Crippen LogP) is 4.49. The first-order valence-electron chi connectivity index (χ1n) is 7.89. The molecule has 0 N–H and O–H groups in total. The fraction of sp³-hybridized carbons (Fsp3) is 0.882. The van der Waals surface area contributed by atoms with Crippen LogP contribution in [-0.4, -0.2) is 23.5 Å². The van der Waals surface area contributed by atoms with Crippen molar-refractivity contribution in [3.05, 3.63) is 12.7 Å². The number of fused-ring (bicyclic) bond motifs is 1. The van der Waals surface area contributed by atoms with Crippen LogP contribution in [0.1, 0.15) is 59.8 Å². The van der Waals surface area contributed by atoms with E-state index in [-0.39, 0.29) is 0 Å². The molecule has 4 atom stereocenters. The smallest absolute Gasteiger partial charge is 0.0135 e. The molecule has 1 heterocycles. The van der Waals surface area contributed by atoms with Gasteiger partial charge in [0, 0.05) is 12.1 Å². The molecule has 1 aliphatic heterocycles. The maximum Gasteiger partial charge on any atom is 0.0135 e. The van der Waals surface area contributed by atoms with Crippen molar-refractivity contribution in [1.82, 2.24) is 4.90 Å². The molecule has 2 aliphatic rings. The lowest BCUT2D eigenvalue weighted by molar-refractivity contribution is 0.127. The van der Waals surface area contributed by atoms with Gasteiger partial charge in [0.1, 0.15) is 0 Å². The summed E-state index contributed by atoms with van der Waals surface area (Å²) in [7, 11) is 0. The van der Waals surface area contributed by atoms with Gasteiger partial charge in [-0.1, -0.05) is 26.8 Å². The molecular formula is C17H31N. The van der Waals surface area contributed by atoms with E-state index in [9.17, 15) is 0 Å². The summed E-state index contributed by atoms with van der Waals surface area (Å²) in [6, 6.07) is 1.59. The van der Waals surface area contributed by atoms with Gasteiger partial charge in [0.05, 0.1) is 0 Å². The highest BCUT2D eigenvalue weighted by atomic mass is 15.2. The van der Waals surface area contributed by atoms with E-state index in [0.717, 1.165) is 23.9 Å². The summed E-state index contributed by atoms with van der Waals surface area (Å²) in [4.78, 5) is 2.82. The van der Waals surface area contributed by atoms with Gasteiger partial charge in [-0.25, -0.2) is 0 Å². The number of rotatable bonds is 4. The molecule has 1 aliphatic carbocycles. The minimum Gasteiger partial charge on any atom is -0.297 e. The predicted molar refractivity (Wildman–Crippen MR) is 79.7 cm³/mol. The van der Waals surface area contributed by atoms with Crippen LogP contribution in [0.4, 0.5) is 0 Å². The monoisotopic (exact) mass is 249 g/mol. The van der Waals surface area contributed by atoms with Crippen molar-refractivity contribution in [2.75, 3.05) is 6.54 Å². The Kier molecular flexibility index (Phi) is 4.21. The van der Waals surface area contributed by atoms with E-state index in [4.69, 9.17) is 0 Å². The van der Waals surface area contributed by atoms with E-state index < -0.39 is 0 Å². The third kappa shape index (κ3) is 2.27. The normalized spacial score (nSPS) is 39.6. The van der Waals surface area contributed by atoms with Gasteiger partial charge in [0.2, 0.25) is 0 Å². The Morgan fingerprint density at radius 2 is 2.06 bits per heavy atom. The SMILES string of the molecule is C=CCC1CCC2C(C1)N(CCC)C(C)C2(C)C. The third-order valence-electron chi connectivity index (χ3n) is 5.86. The summed E-state index contributed by atoms with van der Waals surface area (Å²) in [5, 5.41) is 0. The summed E-state index contributed by atoms with van der Waals surface area (Å²) < 4.78 is 0. The summed E-state index contributed by atoms with van der Waals surface area (Å²) in [6.45, 7) is 15.0. The standard InChI is InChI=1S/C17H31N/c1-6-8-14-9-10-15-16(12-14)18(11-7-2)13(3)17(15,4)5/h6,13-16H,1,7-12H2,2-5H3. The van der Waals surface area contributed by atoms with Gasteiger partial charge in [-0.2, -0.15) is 0 Å². The van der Waals surface area contributed by atoms with Crippen molar-refractivity contribution in [3.63, 3.8) is 0 Å². The third-order valence-corrected chi connectivity index (χ3v) is 5.86. The zero-order valence-electron chi connectivity index (χ0n) is 12.8. The van der Waals surface area contributed by atoms with Crippen molar-refractivity contribution < 1.29 is 0 Å². The summed E-state index contributed by atoms with van der Waals surface area (Å²) in [5.41, 5.74) is 0.499. The van der Waals surface area contributed by atoms with Crippen molar-refractivity contribution in [2.24, 2.45) is 17.3 Å². The summed E-state index contributed by atoms with van der Waals surface area (Å²) in [6.07, 6.45) is 8.89. The van der Waals surface area contributed by atoms with E-state index in [1.165, 1.54) is 38.6 Å². The highest BCUT2D eigenvalue weighted by Gasteiger charge is 2.52. The van der Waals surface area contributed by atoms with Crippen LogP contribution in [0.25, 0.3) is 0 Å². The van der Waals surface area contributed by atoms with E-state index in [1.54, 1.807) is 0 Å². The molecule has 104 valence electrons. The van der Waals surface area contributed by atoms with E-state index >= 15 is 0 Å². The van der Waals surface area contributed by atoms with Crippen LogP contribution >= 0.6 is 0 Å². The molecule has 1 saturated heterocycles. The fourth-order valence-corrected chi connectivity index (χ4v) is 4.56. The average molecular weight is 249 g/mol. The molecule has 1 heteroatoms. The molecule has 1 saturated carbocycles. The molecule has 18 heavy (non-hydrogen) atoms. The number of allylic oxidation sites excluding steroid dienone is 1. The maximum atomic E-state index is 3.93. The lowest BCUT2D eigenvalue weighted by Crippen LogP contribution is -2.40. The first kappa shape index (κ1) is 14.1. The van der Waals surface area contributed by atoms with Crippen LogP contribution in [0.15, 0.2) is 12.7 Å². The average Bonchev–Trinajstić information content (AvgIpc) is 2.52. The molecular weight excluding hydrogens is 218 g/mol. The first-order chi connectivity index (χ1) is 8.52. The van der Waals surface area contributed by atoms with Crippen LogP contribution in [0, 0.1) is 17.3 Å². The van der Waals surface area contributed by atoms with Crippen molar-refractivity contribution >= 4 is 0 Å². The van der Waals surface area contributed by atoms with Crippen molar-refractivity contribution in [3.8, 4) is 0 Å². The quantitative estimate of drug-likeness (QED) is 0.664. The van der Waals surface area contributed by atoms with Gasteiger partial charge in [0.15, 0.2) is 0 Å². The number of hydrogen-bond donors (Lipinski definition) is 0. The highest BCUT2D eigenvalue weighted by Crippen LogP contribution is 2.52. The zero-order valence-corrected chi connectivity index (χ0v) is 12.8. The number of hydrogen-bond acceptors (Lipinski definition) is 1. The largest absolute Gasteiger partial charge is 0.297 e. The van der Waals surface area contributed by atoms with Gasteiger partial charge in [-0.05, 0) is 62.8 Å². The molecule has 1 nitrogen and oxygen atoms in total. The Balaban J connectivity index is 2.15. The zero-order chi connectivity index (χ0) is 13.3. The van der Waals surface area contributed by atoms with E-state index in [1.807, 2.05) is 0 Å². The Hall–Kier alpha value is -0.300. The Bertz CT molecular complexity index is 294. The second-order valence-electron chi connectivity index (χ2n) is 7.11. The Labute approximate surface area is 114 Å². The summed E-state index contributed by atoms with van der Waals surface area (Å²) >= 11 is 0. The minimum absolute atomic E-state index is 0.499. The van der Waals surface area contributed by atoms with Gasteiger partial charge in [-0.3, -0.25) is 4.90 Å². The topological polar surface area (TPSA) is 3.24 Å². The first-order valence-corrected chi connectivity index (χ1v) is 7.89. The molecule has 0 spiro atoms. The molecule has 0 amide bonds. The number of likely N-dealkylation sites (tertiary alicyclic amines) is 1. The van der Waals surface area contributed by atoms with Crippen LogP contribution in [0.3, 0.4) is 0 Å². The van der Waals surface area contributed by atoms with Crippen molar-refractivity contribution in [1.29, 1.82) is 0 Å². The molecule has 0 aromatic heterocycles. The van der Waals surface area contributed by atoms with E-state index in [0.29, 0.717) is 5.41 Å². The molecule has 2 rings (SSSR count). The van der Waals surface area contributed by atoms with Gasteiger partial charge < -0.3 is 0 Å². The second kappa shape index (κ2) is 5.36. The molecule has 0 aromatic rings. The maximum absolute atomic E-state index is 3.93. The lowest BCUT2D eigenvalue weighted by Gasteiger charge is -2.38. The molecule has 2 fully saturated rings. The van der Waals surface area contributed by atoms with Gasteiger partial charge >= 0.3 is 0 Å². The molecule has 4 unspecified atom stereocenters. The highest BCUT2D eigenvalue weighted by molar-refractivity contribution is 5.05. The molecule has 0 aromatic carbocycles. The van der Waals surface area contributed by atoms with Crippen LogP contribution < -0.4 is 0 Å².